The Balaban J connectivity index is 1.29. The summed E-state index contributed by atoms with van der Waals surface area (Å²) in [4.78, 5) is 35.3. The summed E-state index contributed by atoms with van der Waals surface area (Å²) in [6.45, 7) is 10.2. The van der Waals surface area contributed by atoms with Gasteiger partial charge < -0.3 is 30.2 Å². The molecule has 2 fully saturated rings. The molecule has 57 heavy (non-hydrogen) atoms. The van der Waals surface area contributed by atoms with E-state index in [0.29, 0.717) is 62.8 Å². The van der Waals surface area contributed by atoms with Crippen molar-refractivity contribution in [3.05, 3.63) is 141 Å². The summed E-state index contributed by atoms with van der Waals surface area (Å²) in [5.41, 5.74) is 6.66. The van der Waals surface area contributed by atoms with Gasteiger partial charge in [0.25, 0.3) is 5.91 Å². The van der Waals surface area contributed by atoms with E-state index in [1.54, 1.807) is 42.6 Å². The number of benzene rings is 4. The average molecular weight is 822 g/mol. The number of halogens is 3. The molecule has 3 heterocycles. The zero-order valence-electron chi connectivity index (χ0n) is 31.7. The van der Waals surface area contributed by atoms with Crippen LogP contribution in [0.25, 0.3) is 22.2 Å². The zero-order chi connectivity index (χ0) is 40.2. The molecule has 12 heteroatoms. The maximum Gasteiger partial charge on any atom is 0.272 e. The van der Waals surface area contributed by atoms with Gasteiger partial charge in [0.05, 0.1) is 34.7 Å². The average Bonchev–Trinajstić information content (AvgIpc) is 3.89. The van der Waals surface area contributed by atoms with Crippen LogP contribution < -0.4 is 15.5 Å². The Morgan fingerprint density at radius 1 is 1.00 bits per heavy atom. The molecule has 2 amide bonds. The van der Waals surface area contributed by atoms with Crippen LogP contribution >= 0.6 is 34.8 Å². The molecule has 2 aliphatic rings. The first-order valence-corrected chi connectivity index (χ1v) is 20.2. The van der Waals surface area contributed by atoms with Gasteiger partial charge in [0.2, 0.25) is 5.91 Å². The van der Waals surface area contributed by atoms with Gasteiger partial charge in [-0.25, -0.2) is 0 Å². The molecule has 0 saturated carbocycles. The molecule has 9 nitrogen and oxygen atoms in total. The molecular formula is C45H43Cl3N6O3. The minimum atomic E-state index is -0.410. The molecule has 0 radical (unpaired) electrons. The van der Waals surface area contributed by atoms with Crippen molar-refractivity contribution < 1.29 is 14.3 Å². The molecule has 2 aliphatic heterocycles. The highest BCUT2D eigenvalue weighted by molar-refractivity contribution is 6.35. The Morgan fingerprint density at radius 2 is 1.74 bits per heavy atom. The third-order valence-electron chi connectivity index (χ3n) is 10.8. The zero-order valence-corrected chi connectivity index (χ0v) is 34.0. The van der Waals surface area contributed by atoms with Gasteiger partial charge >= 0.3 is 0 Å². The Morgan fingerprint density at radius 3 is 2.42 bits per heavy atom. The van der Waals surface area contributed by atoms with E-state index in [2.05, 4.69) is 33.2 Å². The van der Waals surface area contributed by atoms with Crippen LogP contribution in [-0.2, 0) is 9.53 Å². The van der Waals surface area contributed by atoms with Crippen LogP contribution in [0.1, 0.15) is 78.3 Å². The monoisotopic (exact) mass is 820 g/mol. The summed E-state index contributed by atoms with van der Waals surface area (Å²) >= 11 is 19.6. The second-order valence-corrected chi connectivity index (χ2v) is 15.7. The summed E-state index contributed by atoms with van der Waals surface area (Å²) in [6.07, 6.45) is 4.45. The lowest BCUT2D eigenvalue weighted by molar-refractivity contribution is -0.130. The van der Waals surface area contributed by atoms with E-state index in [9.17, 15) is 14.9 Å². The Labute approximate surface area is 347 Å². The number of allylic oxidation sites excluding steroid dienone is 1. The molecule has 3 N–H and O–H groups in total. The number of aromatic nitrogens is 1. The van der Waals surface area contributed by atoms with Gasteiger partial charge in [-0.05, 0) is 105 Å². The number of rotatable bonds is 11. The minimum Gasteiger partial charge on any atom is -0.370 e. The number of carbonyl (C=O) groups excluding carboxylic acids is 2. The van der Waals surface area contributed by atoms with Gasteiger partial charge in [-0.1, -0.05) is 83.8 Å². The quantitative estimate of drug-likeness (QED) is 0.122. The first-order chi connectivity index (χ1) is 27.6. The number of hydrogen-bond donors (Lipinski definition) is 3. The van der Waals surface area contributed by atoms with Crippen molar-refractivity contribution in [2.45, 2.75) is 57.7 Å². The second-order valence-electron chi connectivity index (χ2n) is 14.4. The SMILES string of the molecule is C=CN(/C(=C(\C)c1ccccc1)c1c(C(=O)Nc2cc(C#N)ccc2N2CCC(NC(=O)C3CCCO3)CC2)[nH]c2cc(Cl)ccc12)C(C)c1ccc(Cl)cc1Cl. The Hall–Kier alpha value is -5.24. The number of carbonyl (C=O) groups is 2. The van der Waals surface area contributed by atoms with Crippen molar-refractivity contribution in [1.82, 2.24) is 15.2 Å². The lowest BCUT2D eigenvalue weighted by atomic mass is 9.95. The third-order valence-corrected chi connectivity index (χ3v) is 11.6. The number of aromatic amines is 1. The fraction of sp³-hybridized carbons (Fsp3) is 0.267. The standard InChI is InChI=1S/C45H43Cl3N6O3/c1-4-54(28(3)34-15-13-31(46)24-36(34)48)43(27(2)30-9-6-5-7-10-30)41-35-16-14-32(47)25-37(35)51-42(41)45(56)52-38-23-29(26-49)12-17-39(38)53-20-18-33(19-21-53)50-44(55)40-11-8-22-57-40/h4-7,9-10,12-17,23-25,28,33,40,51H,1,8,11,18-22H2,2-3H3,(H,50,55)(H,52,56)/b43-27+. The number of fused-ring (bicyclic) bond motifs is 1. The topological polar surface area (TPSA) is 113 Å². The predicted octanol–water partition coefficient (Wildman–Crippen LogP) is 10.6. The molecule has 2 atom stereocenters. The van der Waals surface area contributed by atoms with Gasteiger partial charge in [0.15, 0.2) is 0 Å². The number of anilines is 2. The lowest BCUT2D eigenvalue weighted by Crippen LogP contribution is -2.47. The molecule has 1 aromatic heterocycles. The first kappa shape index (κ1) is 40.0. The third kappa shape index (κ3) is 8.56. The van der Waals surface area contributed by atoms with Crippen molar-refractivity contribution in [3.63, 3.8) is 0 Å². The summed E-state index contributed by atoms with van der Waals surface area (Å²) < 4.78 is 5.58. The lowest BCUT2D eigenvalue weighted by Gasteiger charge is -2.35. The van der Waals surface area contributed by atoms with E-state index in [1.165, 1.54) is 0 Å². The molecule has 0 bridgehead atoms. The van der Waals surface area contributed by atoms with Crippen LogP contribution in [0.2, 0.25) is 15.1 Å². The van der Waals surface area contributed by atoms with Crippen LogP contribution in [0, 0.1) is 11.3 Å². The van der Waals surface area contributed by atoms with E-state index in [1.807, 2.05) is 67.3 Å². The van der Waals surface area contributed by atoms with Crippen LogP contribution in [0.15, 0.2) is 97.7 Å². The number of ether oxygens (including phenoxy) is 1. The molecule has 4 aromatic carbocycles. The first-order valence-electron chi connectivity index (χ1n) is 19.0. The van der Waals surface area contributed by atoms with Gasteiger partial charge in [-0.3, -0.25) is 9.59 Å². The second kappa shape index (κ2) is 17.5. The van der Waals surface area contributed by atoms with Crippen molar-refractivity contribution in [2.75, 3.05) is 29.9 Å². The Kier molecular flexibility index (Phi) is 12.3. The van der Waals surface area contributed by atoms with E-state index in [0.717, 1.165) is 59.2 Å². The van der Waals surface area contributed by atoms with Crippen LogP contribution in [0.5, 0.6) is 0 Å². The van der Waals surface area contributed by atoms with Crippen molar-refractivity contribution >= 4 is 80.2 Å². The summed E-state index contributed by atoms with van der Waals surface area (Å²) in [5, 5.41) is 18.6. The van der Waals surface area contributed by atoms with E-state index in [-0.39, 0.29) is 24.1 Å². The summed E-state index contributed by atoms with van der Waals surface area (Å²) in [6, 6.07) is 28.1. The number of nitrogens with zero attached hydrogens (tertiary/aromatic N) is 3. The predicted molar refractivity (Wildman–Crippen MR) is 231 cm³/mol. The van der Waals surface area contributed by atoms with Gasteiger partial charge in [-0.15, -0.1) is 0 Å². The summed E-state index contributed by atoms with van der Waals surface area (Å²) in [5.74, 6) is -0.462. The molecule has 7 rings (SSSR count). The fourth-order valence-corrected chi connectivity index (χ4v) is 8.60. The van der Waals surface area contributed by atoms with E-state index in [4.69, 9.17) is 39.5 Å². The van der Waals surface area contributed by atoms with Crippen LogP contribution in [0.3, 0.4) is 0 Å². The Bertz CT molecular complexity index is 2390. The molecule has 2 saturated heterocycles. The van der Waals surface area contributed by atoms with Crippen molar-refractivity contribution in [3.8, 4) is 6.07 Å². The molecule has 0 aliphatic carbocycles. The fourth-order valence-electron chi connectivity index (χ4n) is 7.86. The van der Waals surface area contributed by atoms with Crippen LogP contribution in [0.4, 0.5) is 11.4 Å². The van der Waals surface area contributed by atoms with Gasteiger partial charge in [0, 0.05) is 57.3 Å². The smallest absolute Gasteiger partial charge is 0.272 e. The number of nitrogens with one attached hydrogen (secondary N) is 3. The number of piperidine rings is 1. The molecule has 292 valence electrons. The van der Waals surface area contributed by atoms with E-state index < -0.39 is 5.91 Å². The number of H-pyrrole nitrogens is 1. The largest absolute Gasteiger partial charge is 0.370 e. The van der Waals surface area contributed by atoms with Crippen molar-refractivity contribution in [2.24, 2.45) is 0 Å². The van der Waals surface area contributed by atoms with Crippen molar-refractivity contribution in [1.29, 1.82) is 5.26 Å². The van der Waals surface area contributed by atoms with E-state index >= 15 is 0 Å². The number of hydrogen-bond acceptors (Lipinski definition) is 6. The van der Waals surface area contributed by atoms with Crippen LogP contribution in [-0.4, -0.2) is 53.5 Å². The normalized spacial score (nSPS) is 16.8. The number of nitriles is 1. The molecule has 0 spiro atoms. The molecule has 2 unspecified atom stereocenters. The van der Waals surface area contributed by atoms with Gasteiger partial charge in [-0.2, -0.15) is 5.26 Å². The highest BCUT2D eigenvalue weighted by Crippen LogP contribution is 2.43. The molecule has 5 aromatic rings. The maximum absolute atomic E-state index is 14.9. The highest BCUT2D eigenvalue weighted by atomic mass is 35.5. The highest BCUT2D eigenvalue weighted by Gasteiger charge is 2.31. The number of amides is 2. The minimum absolute atomic E-state index is 0.0196. The van der Waals surface area contributed by atoms with Gasteiger partial charge in [0.1, 0.15) is 11.8 Å². The maximum atomic E-state index is 14.9. The summed E-state index contributed by atoms with van der Waals surface area (Å²) in [7, 11) is 0. The molecular weight excluding hydrogens is 779 g/mol.